The van der Waals surface area contributed by atoms with Crippen molar-refractivity contribution in [2.75, 3.05) is 0 Å². The average molecular weight is 274 g/mol. The zero-order chi connectivity index (χ0) is 13.5. The zero-order valence-corrected chi connectivity index (χ0v) is 10.9. The molecule has 0 spiro atoms. The standard InChI is InChI=1S/C16H12F2S/c17-15(13-7-3-1-4-8-13)11-19-12-16(18)14-9-5-2-6-10-14/h1-12H. The third kappa shape index (κ3) is 4.07. The molecule has 0 saturated heterocycles. The van der Waals surface area contributed by atoms with Crippen LogP contribution in [-0.2, 0) is 0 Å². The monoisotopic (exact) mass is 274 g/mol. The smallest absolute Gasteiger partial charge is 0.137 e. The Morgan fingerprint density at radius 3 is 1.42 bits per heavy atom. The first-order valence-corrected chi connectivity index (χ1v) is 6.69. The Hall–Kier alpha value is -1.87. The lowest BCUT2D eigenvalue weighted by Crippen LogP contribution is -1.75. The summed E-state index contributed by atoms with van der Waals surface area (Å²) in [6.45, 7) is 0. The summed E-state index contributed by atoms with van der Waals surface area (Å²) in [6, 6.07) is 17.3. The van der Waals surface area contributed by atoms with Gasteiger partial charge in [0.1, 0.15) is 11.7 Å². The van der Waals surface area contributed by atoms with Gasteiger partial charge in [-0.1, -0.05) is 72.4 Å². The number of thioether (sulfide) groups is 1. The topological polar surface area (TPSA) is 0 Å². The molecular weight excluding hydrogens is 262 g/mol. The molecule has 0 aliphatic rings. The van der Waals surface area contributed by atoms with Gasteiger partial charge in [-0.3, -0.25) is 0 Å². The molecule has 0 aromatic heterocycles. The fourth-order valence-corrected chi connectivity index (χ4v) is 2.06. The first-order chi connectivity index (χ1) is 9.27. The highest BCUT2D eigenvalue weighted by Gasteiger charge is 2.00. The van der Waals surface area contributed by atoms with Crippen molar-refractivity contribution in [2.45, 2.75) is 0 Å². The number of halogens is 2. The molecule has 0 saturated carbocycles. The quantitative estimate of drug-likeness (QED) is 0.693. The first kappa shape index (κ1) is 13.6. The summed E-state index contributed by atoms with van der Waals surface area (Å²) >= 11 is 0.985. The maximum atomic E-state index is 13.7. The largest absolute Gasteiger partial charge is 0.206 e. The fourth-order valence-electron chi connectivity index (χ4n) is 1.48. The van der Waals surface area contributed by atoms with Gasteiger partial charge in [0.2, 0.25) is 0 Å². The molecule has 0 aliphatic carbocycles. The van der Waals surface area contributed by atoms with Crippen molar-refractivity contribution in [2.24, 2.45) is 0 Å². The van der Waals surface area contributed by atoms with E-state index in [0.29, 0.717) is 11.1 Å². The van der Waals surface area contributed by atoms with Gasteiger partial charge in [0.15, 0.2) is 0 Å². The number of rotatable bonds is 4. The third-order valence-corrected chi connectivity index (χ3v) is 3.13. The lowest BCUT2D eigenvalue weighted by Gasteiger charge is -1.97. The fraction of sp³-hybridized carbons (Fsp3) is 0. The molecule has 0 bridgehead atoms. The van der Waals surface area contributed by atoms with Crippen LogP contribution >= 0.6 is 11.8 Å². The van der Waals surface area contributed by atoms with Crippen LogP contribution in [0.15, 0.2) is 71.5 Å². The molecule has 0 atom stereocenters. The molecule has 0 aliphatic heterocycles. The molecule has 2 rings (SSSR count). The molecule has 0 unspecified atom stereocenters. The van der Waals surface area contributed by atoms with E-state index in [9.17, 15) is 8.78 Å². The highest BCUT2D eigenvalue weighted by atomic mass is 32.2. The van der Waals surface area contributed by atoms with E-state index in [0.717, 1.165) is 11.8 Å². The molecule has 3 heteroatoms. The van der Waals surface area contributed by atoms with Crippen molar-refractivity contribution in [3.05, 3.63) is 82.6 Å². The summed E-state index contributed by atoms with van der Waals surface area (Å²) < 4.78 is 27.4. The van der Waals surface area contributed by atoms with E-state index in [1.807, 2.05) is 12.1 Å². The van der Waals surface area contributed by atoms with Gasteiger partial charge in [-0.05, 0) is 0 Å². The zero-order valence-electron chi connectivity index (χ0n) is 10.1. The summed E-state index contributed by atoms with van der Waals surface area (Å²) in [5.74, 6) is -0.745. The number of benzene rings is 2. The van der Waals surface area contributed by atoms with E-state index in [2.05, 4.69) is 0 Å². The Morgan fingerprint density at radius 2 is 1.05 bits per heavy atom. The number of hydrogen-bond acceptors (Lipinski definition) is 1. The SMILES string of the molecule is FC(=CSC=C(F)c1ccccc1)c1ccccc1. The van der Waals surface area contributed by atoms with Gasteiger partial charge in [-0.15, -0.1) is 0 Å². The molecule has 0 radical (unpaired) electrons. The lowest BCUT2D eigenvalue weighted by molar-refractivity contribution is 0.762. The molecule has 2 aromatic rings. The van der Waals surface area contributed by atoms with Crippen molar-refractivity contribution in [3.8, 4) is 0 Å². The van der Waals surface area contributed by atoms with Crippen molar-refractivity contribution in [1.29, 1.82) is 0 Å². The molecule has 0 heterocycles. The van der Waals surface area contributed by atoms with Gasteiger partial charge >= 0.3 is 0 Å². The molecule has 2 aromatic carbocycles. The van der Waals surface area contributed by atoms with Crippen LogP contribution in [0.5, 0.6) is 0 Å². The van der Waals surface area contributed by atoms with E-state index in [1.165, 1.54) is 10.8 Å². The predicted octanol–water partition coefficient (Wildman–Crippen LogP) is 5.66. The minimum Gasteiger partial charge on any atom is -0.206 e. The second kappa shape index (κ2) is 6.90. The van der Waals surface area contributed by atoms with Crippen LogP contribution < -0.4 is 0 Å². The maximum absolute atomic E-state index is 13.7. The molecule has 0 amide bonds. The second-order valence-electron chi connectivity index (χ2n) is 3.80. The Bertz CT molecular complexity index is 521. The van der Waals surface area contributed by atoms with Crippen molar-refractivity contribution < 1.29 is 8.78 Å². The van der Waals surface area contributed by atoms with Gasteiger partial charge in [0.05, 0.1) is 0 Å². The predicted molar refractivity (Wildman–Crippen MR) is 78.6 cm³/mol. The van der Waals surface area contributed by atoms with Crippen LogP contribution in [0.25, 0.3) is 11.7 Å². The lowest BCUT2D eigenvalue weighted by atomic mass is 10.2. The first-order valence-electron chi connectivity index (χ1n) is 5.75. The maximum Gasteiger partial charge on any atom is 0.137 e. The highest BCUT2D eigenvalue weighted by molar-refractivity contribution is 8.05. The molecule has 0 fully saturated rings. The summed E-state index contributed by atoms with van der Waals surface area (Å²) in [5, 5.41) is 2.58. The van der Waals surface area contributed by atoms with Gasteiger partial charge in [0, 0.05) is 21.9 Å². The van der Waals surface area contributed by atoms with Gasteiger partial charge in [-0.2, -0.15) is 0 Å². The highest BCUT2D eigenvalue weighted by Crippen LogP contribution is 2.24. The minimum atomic E-state index is -0.372. The summed E-state index contributed by atoms with van der Waals surface area (Å²) in [4.78, 5) is 0. The third-order valence-electron chi connectivity index (χ3n) is 2.44. The second-order valence-corrected chi connectivity index (χ2v) is 4.54. The van der Waals surface area contributed by atoms with E-state index in [1.54, 1.807) is 48.5 Å². The average Bonchev–Trinajstić information content (AvgIpc) is 2.49. The Morgan fingerprint density at radius 1 is 0.684 bits per heavy atom. The van der Waals surface area contributed by atoms with Gasteiger partial charge in [-0.25, -0.2) is 8.78 Å². The van der Waals surface area contributed by atoms with Crippen LogP contribution in [-0.4, -0.2) is 0 Å². The molecular formula is C16H12F2S. The molecule has 0 N–H and O–H groups in total. The minimum absolute atomic E-state index is 0.372. The van der Waals surface area contributed by atoms with E-state index < -0.39 is 0 Å². The van der Waals surface area contributed by atoms with Crippen molar-refractivity contribution >= 4 is 23.4 Å². The van der Waals surface area contributed by atoms with Crippen molar-refractivity contribution in [1.82, 2.24) is 0 Å². The Kier molecular flexibility index (Phi) is 4.93. The van der Waals surface area contributed by atoms with Crippen LogP contribution in [0.1, 0.15) is 11.1 Å². The van der Waals surface area contributed by atoms with Gasteiger partial charge < -0.3 is 0 Å². The normalized spacial score (nSPS) is 12.5. The Balaban J connectivity index is 2.03. The summed E-state index contributed by atoms with van der Waals surface area (Å²) in [5.41, 5.74) is 0.979. The van der Waals surface area contributed by atoms with E-state index >= 15 is 0 Å². The summed E-state index contributed by atoms with van der Waals surface area (Å²) in [6.07, 6.45) is 0. The molecule has 19 heavy (non-hydrogen) atoms. The van der Waals surface area contributed by atoms with Crippen LogP contribution in [0.2, 0.25) is 0 Å². The van der Waals surface area contributed by atoms with E-state index in [4.69, 9.17) is 0 Å². The number of hydrogen-bond donors (Lipinski definition) is 0. The van der Waals surface area contributed by atoms with Crippen molar-refractivity contribution in [3.63, 3.8) is 0 Å². The Labute approximate surface area is 115 Å². The van der Waals surface area contributed by atoms with E-state index in [-0.39, 0.29) is 11.7 Å². The summed E-state index contributed by atoms with van der Waals surface area (Å²) in [7, 11) is 0. The van der Waals surface area contributed by atoms with Crippen LogP contribution in [0.3, 0.4) is 0 Å². The molecule has 96 valence electrons. The van der Waals surface area contributed by atoms with Crippen LogP contribution in [0.4, 0.5) is 8.78 Å². The molecule has 0 nitrogen and oxygen atoms in total. The van der Waals surface area contributed by atoms with Gasteiger partial charge in [0.25, 0.3) is 0 Å². The van der Waals surface area contributed by atoms with Crippen LogP contribution in [0, 0.1) is 0 Å².